The normalized spacial score (nSPS) is 12.5. The van der Waals surface area contributed by atoms with Crippen molar-refractivity contribution in [1.82, 2.24) is 0 Å². The molecule has 0 bridgehead atoms. The van der Waals surface area contributed by atoms with Crippen molar-refractivity contribution in [2.45, 2.75) is 32.1 Å². The third kappa shape index (κ3) is 3.56. The number of alkyl halides is 1. The van der Waals surface area contributed by atoms with Crippen LogP contribution in [0.3, 0.4) is 0 Å². The Bertz CT molecular complexity index is 361. The van der Waals surface area contributed by atoms with Crippen LogP contribution in [0.15, 0.2) is 18.2 Å². The van der Waals surface area contributed by atoms with Crippen molar-refractivity contribution in [2.24, 2.45) is 0 Å². The SMILES string of the molecule is Cc1ccc(C)c(C(Cl)CCC(=O)[O-])c1. The summed E-state index contributed by atoms with van der Waals surface area (Å²) in [4.78, 5) is 10.3. The Kier molecular flexibility index (Phi) is 4.15. The van der Waals surface area contributed by atoms with Crippen molar-refractivity contribution in [3.05, 3.63) is 34.9 Å². The lowest BCUT2D eigenvalue weighted by Crippen LogP contribution is -2.22. The molecule has 1 aromatic carbocycles. The van der Waals surface area contributed by atoms with Crippen LogP contribution in [0.5, 0.6) is 0 Å². The van der Waals surface area contributed by atoms with Crippen molar-refractivity contribution in [3.63, 3.8) is 0 Å². The first-order valence-corrected chi connectivity index (χ1v) is 5.35. The standard InChI is InChI=1S/C12H15ClO2/c1-8-3-4-9(2)10(7-8)11(13)5-6-12(14)15/h3-4,7,11H,5-6H2,1-2H3,(H,14,15)/p-1. The van der Waals surface area contributed by atoms with E-state index in [9.17, 15) is 9.90 Å². The molecule has 0 saturated carbocycles. The van der Waals surface area contributed by atoms with Crippen LogP contribution in [0.4, 0.5) is 0 Å². The van der Waals surface area contributed by atoms with Gasteiger partial charge in [0.2, 0.25) is 0 Å². The molecule has 3 heteroatoms. The van der Waals surface area contributed by atoms with E-state index in [2.05, 4.69) is 0 Å². The summed E-state index contributed by atoms with van der Waals surface area (Å²) in [5, 5.41) is 10.1. The number of carboxylic acids is 1. The van der Waals surface area contributed by atoms with Gasteiger partial charge in [0.15, 0.2) is 0 Å². The number of hydrogen-bond acceptors (Lipinski definition) is 2. The highest BCUT2D eigenvalue weighted by Crippen LogP contribution is 2.28. The van der Waals surface area contributed by atoms with Gasteiger partial charge < -0.3 is 9.90 Å². The molecule has 0 aliphatic rings. The van der Waals surface area contributed by atoms with Gasteiger partial charge in [0, 0.05) is 5.97 Å². The first kappa shape index (κ1) is 12.1. The molecule has 82 valence electrons. The molecule has 1 atom stereocenters. The van der Waals surface area contributed by atoms with Gasteiger partial charge in [-0.2, -0.15) is 0 Å². The van der Waals surface area contributed by atoms with Crippen LogP contribution in [-0.2, 0) is 4.79 Å². The van der Waals surface area contributed by atoms with Gasteiger partial charge in [-0.1, -0.05) is 23.8 Å². The van der Waals surface area contributed by atoms with Gasteiger partial charge >= 0.3 is 0 Å². The van der Waals surface area contributed by atoms with Crippen LogP contribution in [0.2, 0.25) is 0 Å². The zero-order valence-corrected chi connectivity index (χ0v) is 9.67. The summed E-state index contributed by atoms with van der Waals surface area (Å²) in [5.41, 5.74) is 3.24. The van der Waals surface area contributed by atoms with Crippen LogP contribution < -0.4 is 5.11 Å². The molecule has 0 N–H and O–H groups in total. The van der Waals surface area contributed by atoms with Gasteiger partial charge in [-0.05, 0) is 37.8 Å². The maximum atomic E-state index is 10.3. The first-order valence-electron chi connectivity index (χ1n) is 4.91. The highest BCUT2D eigenvalue weighted by Gasteiger charge is 2.10. The molecular weight excluding hydrogens is 212 g/mol. The summed E-state index contributed by atoms with van der Waals surface area (Å²) in [5.74, 6) is -1.05. The summed E-state index contributed by atoms with van der Waals surface area (Å²) < 4.78 is 0. The molecular formula is C12H14ClO2-. The number of carbonyl (C=O) groups is 1. The predicted octanol–water partition coefficient (Wildman–Crippen LogP) is 2.11. The largest absolute Gasteiger partial charge is 0.550 e. The maximum Gasteiger partial charge on any atom is 0.0591 e. The van der Waals surface area contributed by atoms with E-state index in [1.807, 2.05) is 32.0 Å². The summed E-state index contributed by atoms with van der Waals surface area (Å²) in [7, 11) is 0. The third-order valence-electron chi connectivity index (χ3n) is 2.37. The molecule has 0 aliphatic heterocycles. The number of carboxylic acid groups (broad SMARTS) is 1. The second kappa shape index (κ2) is 5.17. The number of rotatable bonds is 4. The minimum atomic E-state index is -1.05. The zero-order valence-electron chi connectivity index (χ0n) is 8.92. The van der Waals surface area contributed by atoms with E-state index in [0.717, 1.165) is 16.7 Å². The molecule has 0 saturated heterocycles. The summed E-state index contributed by atoms with van der Waals surface area (Å²) >= 11 is 6.14. The van der Waals surface area contributed by atoms with Crippen LogP contribution in [0.1, 0.15) is 34.9 Å². The zero-order chi connectivity index (χ0) is 11.4. The van der Waals surface area contributed by atoms with Crippen molar-refractivity contribution in [2.75, 3.05) is 0 Å². The molecule has 0 spiro atoms. The van der Waals surface area contributed by atoms with Crippen molar-refractivity contribution in [3.8, 4) is 0 Å². The Hall–Kier alpha value is -1.02. The van der Waals surface area contributed by atoms with Gasteiger partial charge in [-0.15, -0.1) is 11.6 Å². The number of halogens is 1. The summed E-state index contributed by atoms with van der Waals surface area (Å²) in [6.07, 6.45) is 0.412. The number of carbonyl (C=O) groups excluding carboxylic acids is 1. The fraction of sp³-hybridized carbons (Fsp3) is 0.417. The Labute approximate surface area is 94.9 Å². The molecule has 0 aliphatic carbocycles. The highest BCUT2D eigenvalue weighted by molar-refractivity contribution is 6.21. The molecule has 1 rings (SSSR count). The van der Waals surface area contributed by atoms with E-state index >= 15 is 0 Å². The van der Waals surface area contributed by atoms with Crippen LogP contribution in [0.25, 0.3) is 0 Å². The lowest BCUT2D eigenvalue weighted by Gasteiger charge is -2.13. The quantitative estimate of drug-likeness (QED) is 0.737. The van der Waals surface area contributed by atoms with Crippen LogP contribution in [0, 0.1) is 13.8 Å². The number of benzene rings is 1. The Balaban J connectivity index is 2.76. The highest BCUT2D eigenvalue weighted by atomic mass is 35.5. The van der Waals surface area contributed by atoms with Gasteiger partial charge in [0.1, 0.15) is 0 Å². The molecule has 0 heterocycles. The topological polar surface area (TPSA) is 40.1 Å². The Morgan fingerprint density at radius 3 is 2.73 bits per heavy atom. The van der Waals surface area contributed by atoms with Gasteiger partial charge in [-0.3, -0.25) is 0 Å². The van der Waals surface area contributed by atoms with Crippen molar-refractivity contribution >= 4 is 17.6 Å². The van der Waals surface area contributed by atoms with E-state index in [4.69, 9.17) is 11.6 Å². The van der Waals surface area contributed by atoms with Gasteiger partial charge in [0.05, 0.1) is 5.38 Å². The lowest BCUT2D eigenvalue weighted by molar-refractivity contribution is -0.305. The second-order valence-electron chi connectivity index (χ2n) is 3.74. The van der Waals surface area contributed by atoms with E-state index in [0.29, 0.717) is 6.42 Å². The second-order valence-corrected chi connectivity index (χ2v) is 4.27. The summed E-state index contributed by atoms with van der Waals surface area (Å²) in [6.45, 7) is 3.97. The number of aliphatic carboxylic acids is 1. The maximum absolute atomic E-state index is 10.3. The molecule has 0 amide bonds. The van der Waals surface area contributed by atoms with Crippen molar-refractivity contribution < 1.29 is 9.90 Å². The fourth-order valence-electron chi connectivity index (χ4n) is 1.50. The molecule has 1 unspecified atom stereocenters. The number of hydrogen-bond donors (Lipinski definition) is 0. The monoisotopic (exact) mass is 225 g/mol. The average molecular weight is 226 g/mol. The molecule has 15 heavy (non-hydrogen) atoms. The molecule has 2 nitrogen and oxygen atoms in total. The van der Waals surface area contributed by atoms with Crippen molar-refractivity contribution in [1.29, 1.82) is 0 Å². The third-order valence-corrected chi connectivity index (χ3v) is 2.83. The molecule has 1 aromatic rings. The minimum Gasteiger partial charge on any atom is -0.550 e. The van der Waals surface area contributed by atoms with Crippen LogP contribution in [-0.4, -0.2) is 5.97 Å². The molecule has 0 aromatic heterocycles. The van der Waals surface area contributed by atoms with Crippen LogP contribution >= 0.6 is 11.6 Å². The lowest BCUT2D eigenvalue weighted by atomic mass is 10.00. The Morgan fingerprint density at radius 1 is 1.47 bits per heavy atom. The Morgan fingerprint density at radius 2 is 2.13 bits per heavy atom. The first-order chi connectivity index (χ1) is 7.00. The number of aryl methyl sites for hydroxylation is 2. The van der Waals surface area contributed by atoms with E-state index in [-0.39, 0.29) is 11.8 Å². The summed E-state index contributed by atoms with van der Waals surface area (Å²) in [6, 6.07) is 6.02. The smallest absolute Gasteiger partial charge is 0.0591 e. The average Bonchev–Trinajstić information content (AvgIpc) is 2.18. The fourth-order valence-corrected chi connectivity index (χ4v) is 1.84. The van der Waals surface area contributed by atoms with Gasteiger partial charge in [-0.25, -0.2) is 0 Å². The predicted molar refractivity (Wildman–Crippen MR) is 58.8 cm³/mol. The molecule has 0 radical (unpaired) electrons. The van der Waals surface area contributed by atoms with E-state index in [1.54, 1.807) is 0 Å². The van der Waals surface area contributed by atoms with E-state index in [1.165, 1.54) is 0 Å². The minimum absolute atomic E-state index is 0.00154. The molecule has 0 fully saturated rings. The van der Waals surface area contributed by atoms with Gasteiger partial charge in [0.25, 0.3) is 0 Å². The van der Waals surface area contributed by atoms with E-state index < -0.39 is 5.97 Å².